The maximum Gasteiger partial charge on any atom is 0.472 e. The van der Waals surface area contributed by atoms with Crippen LogP contribution < -0.4 is 5.73 Å². The fourth-order valence-electron chi connectivity index (χ4n) is 5.48. The van der Waals surface area contributed by atoms with E-state index in [0.717, 1.165) is 51.4 Å². The lowest BCUT2D eigenvalue weighted by molar-refractivity contribution is -0.161. The van der Waals surface area contributed by atoms with Gasteiger partial charge in [0.25, 0.3) is 0 Å². The van der Waals surface area contributed by atoms with Crippen LogP contribution in [0, 0.1) is 0 Å². The Kier molecular flexibility index (Phi) is 30.9. The van der Waals surface area contributed by atoms with Gasteiger partial charge in [0, 0.05) is 19.4 Å². The number of rotatable bonds is 36. The summed E-state index contributed by atoms with van der Waals surface area (Å²) in [6, 6.07) is 0. The van der Waals surface area contributed by atoms with Gasteiger partial charge < -0.3 is 24.8 Å². The summed E-state index contributed by atoms with van der Waals surface area (Å²) < 4.78 is 38.3. The van der Waals surface area contributed by atoms with Crippen molar-refractivity contribution in [3.63, 3.8) is 0 Å². The summed E-state index contributed by atoms with van der Waals surface area (Å²) in [4.78, 5) is 34.7. The number of allylic oxidation sites excluding steroid dienone is 7. The first-order chi connectivity index (χ1) is 25.3. The summed E-state index contributed by atoms with van der Waals surface area (Å²) in [6.45, 7) is 3.59. The van der Waals surface area contributed by atoms with Crippen molar-refractivity contribution in [2.24, 2.45) is 5.73 Å². The lowest BCUT2D eigenvalue weighted by Crippen LogP contribution is -2.29. The highest BCUT2D eigenvalue weighted by atomic mass is 31.2. The molecule has 52 heavy (non-hydrogen) atoms. The van der Waals surface area contributed by atoms with Gasteiger partial charge >= 0.3 is 19.8 Å². The molecule has 1 heterocycles. The maximum absolute atomic E-state index is 12.5. The van der Waals surface area contributed by atoms with Gasteiger partial charge in [-0.1, -0.05) is 120 Å². The number of phosphoric ester groups is 1. The maximum atomic E-state index is 12.5. The number of phosphoric acid groups is 1. The fraction of sp³-hybridized carbons (Fsp3) is 0.756. The molecule has 0 aliphatic carbocycles. The fourth-order valence-corrected chi connectivity index (χ4v) is 6.24. The minimum atomic E-state index is -4.39. The number of hydrogen-bond acceptors (Lipinski definition) is 9. The van der Waals surface area contributed by atoms with Gasteiger partial charge in [-0.25, -0.2) is 4.57 Å². The molecule has 0 aromatic carbocycles. The molecule has 0 amide bonds. The summed E-state index contributed by atoms with van der Waals surface area (Å²) in [5, 5.41) is 0. The lowest BCUT2D eigenvalue weighted by atomic mass is 10.1. The van der Waals surface area contributed by atoms with Gasteiger partial charge in [-0.2, -0.15) is 0 Å². The van der Waals surface area contributed by atoms with Crippen LogP contribution in [0.5, 0.6) is 0 Å². The average Bonchev–Trinajstić information content (AvgIpc) is 3.88. The smallest absolute Gasteiger partial charge is 0.462 e. The largest absolute Gasteiger partial charge is 0.472 e. The first-order valence-electron chi connectivity index (χ1n) is 20.2. The van der Waals surface area contributed by atoms with Crippen molar-refractivity contribution in [2.45, 2.75) is 173 Å². The Morgan fingerprint density at radius 2 is 1.27 bits per heavy atom. The van der Waals surface area contributed by atoms with Crippen molar-refractivity contribution in [3.8, 4) is 0 Å². The van der Waals surface area contributed by atoms with Crippen molar-refractivity contribution >= 4 is 19.8 Å². The molecule has 300 valence electrons. The molecule has 1 fully saturated rings. The molecule has 11 heteroatoms. The van der Waals surface area contributed by atoms with Crippen LogP contribution in [-0.4, -0.2) is 61.5 Å². The Morgan fingerprint density at radius 1 is 0.692 bits per heavy atom. The van der Waals surface area contributed by atoms with Crippen LogP contribution in [-0.2, 0) is 37.4 Å². The summed E-state index contributed by atoms with van der Waals surface area (Å²) in [5.74, 6) is -0.913. The van der Waals surface area contributed by atoms with Gasteiger partial charge in [-0.15, -0.1) is 0 Å². The van der Waals surface area contributed by atoms with Crippen molar-refractivity contribution < 1.29 is 42.3 Å². The molecule has 1 aliphatic rings. The molecule has 0 aromatic rings. The highest BCUT2D eigenvalue weighted by molar-refractivity contribution is 7.47. The number of epoxide rings is 1. The van der Waals surface area contributed by atoms with E-state index in [0.29, 0.717) is 31.5 Å². The number of nitrogens with two attached hydrogens (primary N) is 1. The topological polar surface area (TPSA) is 147 Å². The molecule has 3 N–H and O–H groups in total. The van der Waals surface area contributed by atoms with Crippen molar-refractivity contribution in [1.29, 1.82) is 0 Å². The van der Waals surface area contributed by atoms with E-state index in [1.54, 1.807) is 0 Å². The summed E-state index contributed by atoms with van der Waals surface area (Å²) in [7, 11) is -4.39. The zero-order chi connectivity index (χ0) is 38.0. The molecular formula is C41H72NO9P. The van der Waals surface area contributed by atoms with Gasteiger partial charge in [0.15, 0.2) is 6.10 Å². The Balaban J connectivity index is 2.25. The highest BCUT2D eigenvalue weighted by Gasteiger charge is 2.36. The number of esters is 2. The Labute approximate surface area is 315 Å². The molecule has 1 saturated heterocycles. The summed E-state index contributed by atoms with van der Waals surface area (Å²) in [5.41, 5.74) is 5.33. The van der Waals surface area contributed by atoms with Crippen LogP contribution in [0.25, 0.3) is 0 Å². The van der Waals surface area contributed by atoms with Crippen molar-refractivity contribution in [2.75, 3.05) is 26.4 Å². The second kappa shape index (κ2) is 33.5. The van der Waals surface area contributed by atoms with E-state index in [-0.39, 0.29) is 32.6 Å². The SMILES string of the molecule is CCCCCC/C=C\CCCCCCCC(=O)OCC(COP(=O)(O)OCCN)OC(=O)CCC/C=C\C/C=C\C/C=C\CC1OC1CCCCC. The monoisotopic (exact) mass is 753 g/mol. The first kappa shape index (κ1) is 48.0. The third-order valence-electron chi connectivity index (χ3n) is 8.61. The van der Waals surface area contributed by atoms with Crippen molar-refractivity contribution in [1.82, 2.24) is 0 Å². The van der Waals surface area contributed by atoms with E-state index in [9.17, 15) is 19.0 Å². The van der Waals surface area contributed by atoms with E-state index in [2.05, 4.69) is 56.4 Å². The van der Waals surface area contributed by atoms with Crippen LogP contribution >= 0.6 is 7.82 Å². The number of unbranched alkanes of at least 4 members (excludes halogenated alkanes) is 12. The van der Waals surface area contributed by atoms with E-state index < -0.39 is 32.5 Å². The average molecular weight is 754 g/mol. The number of ether oxygens (including phenoxy) is 3. The molecular weight excluding hydrogens is 681 g/mol. The normalized spacial score (nSPS) is 17.8. The van der Waals surface area contributed by atoms with Gasteiger partial charge in [0.1, 0.15) is 6.61 Å². The number of carbonyl (C=O) groups is 2. The van der Waals surface area contributed by atoms with Crippen LogP contribution in [0.2, 0.25) is 0 Å². The minimum absolute atomic E-state index is 0.0401. The second-order valence-corrected chi connectivity index (χ2v) is 15.0. The molecule has 1 aliphatic heterocycles. The molecule has 0 bridgehead atoms. The van der Waals surface area contributed by atoms with Crippen LogP contribution in [0.3, 0.4) is 0 Å². The molecule has 1 rings (SSSR count). The second-order valence-electron chi connectivity index (χ2n) is 13.5. The Morgan fingerprint density at radius 3 is 1.98 bits per heavy atom. The summed E-state index contributed by atoms with van der Waals surface area (Å²) >= 11 is 0. The Bertz CT molecular complexity index is 1060. The number of carbonyl (C=O) groups excluding carboxylic acids is 2. The van der Waals surface area contributed by atoms with Crippen molar-refractivity contribution in [3.05, 3.63) is 48.6 Å². The van der Waals surface area contributed by atoms with Gasteiger partial charge in [-0.05, 0) is 70.6 Å². The molecule has 10 nitrogen and oxygen atoms in total. The quantitative estimate of drug-likeness (QED) is 0.0208. The van der Waals surface area contributed by atoms with E-state index in [1.807, 2.05) is 6.08 Å². The molecule has 0 spiro atoms. The number of hydrogen-bond donors (Lipinski definition) is 2. The van der Waals surface area contributed by atoms with Crippen LogP contribution in [0.1, 0.15) is 155 Å². The zero-order valence-corrected chi connectivity index (χ0v) is 33.4. The van der Waals surface area contributed by atoms with Crippen LogP contribution in [0.15, 0.2) is 48.6 Å². The summed E-state index contributed by atoms with van der Waals surface area (Å²) in [6.07, 6.45) is 38.9. The van der Waals surface area contributed by atoms with E-state index in [4.69, 9.17) is 29.0 Å². The lowest BCUT2D eigenvalue weighted by Gasteiger charge is -2.19. The van der Waals surface area contributed by atoms with Gasteiger partial charge in [0.05, 0.1) is 25.4 Å². The zero-order valence-electron chi connectivity index (χ0n) is 32.5. The van der Waals surface area contributed by atoms with Gasteiger partial charge in [-0.3, -0.25) is 18.6 Å². The van der Waals surface area contributed by atoms with E-state index in [1.165, 1.54) is 57.8 Å². The standard InChI is InChI=1S/C41H72NO9P/c1-3-5-7-8-9-10-11-12-13-17-20-23-27-31-40(43)47-35-37(36-49-52(45,46)48-34-33-42)50-41(44)32-28-24-21-18-15-14-16-19-22-26-30-39-38(51-39)29-25-6-4-2/h10-11,14,16,18,21-22,26,37-39H,3-9,12-13,15,17,19-20,23-25,27-36,42H2,1-2H3,(H,45,46)/b11-10-,16-14-,21-18-,26-22-. The van der Waals surface area contributed by atoms with Crippen LogP contribution in [0.4, 0.5) is 0 Å². The predicted molar refractivity (Wildman–Crippen MR) is 210 cm³/mol. The third kappa shape index (κ3) is 30.4. The third-order valence-corrected chi connectivity index (χ3v) is 9.60. The molecule has 0 radical (unpaired) electrons. The Hall–Kier alpha value is -2.07. The van der Waals surface area contributed by atoms with E-state index >= 15 is 0 Å². The van der Waals surface area contributed by atoms with Gasteiger partial charge in [0.2, 0.25) is 0 Å². The molecule has 4 atom stereocenters. The predicted octanol–water partition coefficient (Wildman–Crippen LogP) is 10.1. The molecule has 0 saturated carbocycles. The molecule has 0 aromatic heterocycles. The first-order valence-corrected chi connectivity index (χ1v) is 21.7. The minimum Gasteiger partial charge on any atom is -0.462 e. The molecule has 4 unspecified atom stereocenters. The highest BCUT2D eigenvalue weighted by Crippen LogP contribution is 2.43.